The van der Waals surface area contributed by atoms with E-state index in [0.29, 0.717) is 13.0 Å². The number of halogens is 3. The van der Waals surface area contributed by atoms with Crippen LogP contribution in [-0.2, 0) is 6.42 Å². The molecule has 0 amide bonds. The lowest BCUT2D eigenvalue weighted by molar-refractivity contribution is -0.139. The summed E-state index contributed by atoms with van der Waals surface area (Å²) in [6, 6.07) is 5.27. The summed E-state index contributed by atoms with van der Waals surface area (Å²) >= 11 is 0. The van der Waals surface area contributed by atoms with Crippen molar-refractivity contribution in [1.29, 1.82) is 0 Å². The Bertz CT molecular complexity index is 365. The van der Waals surface area contributed by atoms with Crippen molar-refractivity contribution >= 4 is 0 Å². The zero-order valence-electron chi connectivity index (χ0n) is 11.1. The summed E-state index contributed by atoms with van der Waals surface area (Å²) in [6.45, 7) is 6.26. The molecule has 0 radical (unpaired) electrons. The number of benzene rings is 1. The van der Waals surface area contributed by atoms with E-state index >= 15 is 0 Å². The minimum absolute atomic E-state index is 0.422. The van der Waals surface area contributed by atoms with Crippen molar-refractivity contribution in [3.63, 3.8) is 0 Å². The Balaban J connectivity index is 2.83. The minimum atomic E-state index is -4.12. The van der Waals surface area contributed by atoms with Gasteiger partial charge in [0.25, 0.3) is 0 Å². The number of likely N-dealkylation sites (N-methyl/N-ethyl adjacent to an activating group) is 1. The molecule has 102 valence electrons. The van der Waals surface area contributed by atoms with Gasteiger partial charge in [0, 0.05) is 6.04 Å². The molecule has 0 heterocycles. The predicted molar refractivity (Wildman–Crippen MR) is 67.8 cm³/mol. The Morgan fingerprint density at radius 3 is 2.17 bits per heavy atom. The molecular weight excluding hydrogens is 239 g/mol. The summed E-state index contributed by atoms with van der Waals surface area (Å²) in [5.74, 6) is 0. The van der Waals surface area contributed by atoms with Gasteiger partial charge in [0.2, 0.25) is 0 Å². The number of nitrogens with one attached hydrogen (secondary N) is 1. The molecule has 0 bridgehead atoms. The molecule has 1 unspecified atom stereocenters. The fraction of sp³-hybridized carbons (Fsp3) is 0.571. The van der Waals surface area contributed by atoms with Gasteiger partial charge in [0.1, 0.15) is 0 Å². The van der Waals surface area contributed by atoms with Crippen LogP contribution in [-0.4, -0.2) is 18.8 Å². The number of aryl methyl sites for hydroxylation is 2. The van der Waals surface area contributed by atoms with Gasteiger partial charge in [-0.15, -0.1) is 0 Å². The van der Waals surface area contributed by atoms with Crippen LogP contribution in [0.25, 0.3) is 0 Å². The first-order chi connectivity index (χ1) is 8.33. The van der Waals surface area contributed by atoms with Crippen LogP contribution in [0.15, 0.2) is 18.2 Å². The summed E-state index contributed by atoms with van der Waals surface area (Å²) in [6.07, 6.45) is -4.48. The summed E-state index contributed by atoms with van der Waals surface area (Å²) < 4.78 is 37.5. The topological polar surface area (TPSA) is 12.0 Å². The van der Waals surface area contributed by atoms with Crippen molar-refractivity contribution in [3.8, 4) is 0 Å². The van der Waals surface area contributed by atoms with E-state index in [1.165, 1.54) is 0 Å². The fourth-order valence-electron chi connectivity index (χ4n) is 2.20. The lowest BCUT2D eigenvalue weighted by Crippen LogP contribution is -2.35. The first-order valence-electron chi connectivity index (χ1n) is 6.18. The molecule has 0 aromatic heterocycles. The maximum absolute atomic E-state index is 12.5. The summed E-state index contributed by atoms with van der Waals surface area (Å²) in [5.41, 5.74) is 3.13. The molecule has 0 aliphatic rings. The lowest BCUT2D eigenvalue weighted by atomic mass is 9.95. The van der Waals surface area contributed by atoms with Crippen LogP contribution < -0.4 is 5.32 Å². The first kappa shape index (κ1) is 15.0. The highest BCUT2D eigenvalue weighted by Crippen LogP contribution is 2.24. The van der Waals surface area contributed by atoms with E-state index in [1.807, 2.05) is 39.0 Å². The summed E-state index contributed by atoms with van der Waals surface area (Å²) in [4.78, 5) is 0. The van der Waals surface area contributed by atoms with Gasteiger partial charge < -0.3 is 5.32 Å². The number of hydrogen-bond acceptors (Lipinski definition) is 1. The average Bonchev–Trinajstić information content (AvgIpc) is 2.21. The smallest absolute Gasteiger partial charge is 0.314 e. The standard InChI is InChI=1S/C14H20F3N/c1-4-18-12(9-14(15,16)17)8-13-10(2)6-5-7-11(13)3/h5-7,12,18H,4,8-9H2,1-3H3. The van der Waals surface area contributed by atoms with Gasteiger partial charge in [0.15, 0.2) is 0 Å². The van der Waals surface area contributed by atoms with Gasteiger partial charge >= 0.3 is 6.18 Å². The predicted octanol–water partition coefficient (Wildman–Crippen LogP) is 3.78. The molecule has 0 fully saturated rings. The van der Waals surface area contributed by atoms with Crippen LogP contribution in [0.5, 0.6) is 0 Å². The molecule has 1 aromatic rings. The molecule has 4 heteroatoms. The third kappa shape index (κ3) is 4.69. The van der Waals surface area contributed by atoms with E-state index in [1.54, 1.807) is 0 Å². The van der Waals surface area contributed by atoms with Crippen LogP contribution in [0.4, 0.5) is 13.2 Å². The molecule has 1 aromatic carbocycles. The van der Waals surface area contributed by atoms with E-state index in [2.05, 4.69) is 5.32 Å². The second kappa shape index (κ2) is 6.23. The molecule has 18 heavy (non-hydrogen) atoms. The van der Waals surface area contributed by atoms with Crippen molar-refractivity contribution < 1.29 is 13.2 Å². The highest BCUT2D eigenvalue weighted by molar-refractivity contribution is 5.34. The average molecular weight is 259 g/mol. The van der Waals surface area contributed by atoms with Crippen LogP contribution in [0.3, 0.4) is 0 Å². The Hall–Kier alpha value is -1.03. The number of rotatable bonds is 5. The molecule has 1 rings (SSSR count). The van der Waals surface area contributed by atoms with Gasteiger partial charge in [-0.25, -0.2) is 0 Å². The van der Waals surface area contributed by atoms with Gasteiger partial charge in [-0.1, -0.05) is 25.1 Å². The monoisotopic (exact) mass is 259 g/mol. The van der Waals surface area contributed by atoms with E-state index in [9.17, 15) is 13.2 Å². The molecule has 0 saturated carbocycles. The Labute approximate surface area is 106 Å². The lowest BCUT2D eigenvalue weighted by Gasteiger charge is -2.21. The normalized spacial score (nSPS) is 13.7. The third-order valence-corrected chi connectivity index (χ3v) is 3.07. The zero-order chi connectivity index (χ0) is 13.8. The molecule has 0 saturated heterocycles. The van der Waals surface area contributed by atoms with E-state index in [-0.39, 0.29) is 0 Å². The molecule has 0 spiro atoms. The molecule has 1 atom stereocenters. The van der Waals surface area contributed by atoms with E-state index in [0.717, 1.165) is 16.7 Å². The maximum Gasteiger partial charge on any atom is 0.390 e. The van der Waals surface area contributed by atoms with E-state index in [4.69, 9.17) is 0 Å². The maximum atomic E-state index is 12.5. The van der Waals surface area contributed by atoms with Crippen LogP contribution in [0, 0.1) is 13.8 Å². The van der Waals surface area contributed by atoms with Crippen molar-refractivity contribution in [2.45, 2.75) is 45.8 Å². The van der Waals surface area contributed by atoms with Crippen molar-refractivity contribution in [1.82, 2.24) is 5.32 Å². The highest BCUT2D eigenvalue weighted by atomic mass is 19.4. The molecule has 1 N–H and O–H groups in total. The zero-order valence-corrected chi connectivity index (χ0v) is 11.1. The largest absolute Gasteiger partial charge is 0.390 e. The Kier molecular flexibility index (Phi) is 5.20. The van der Waals surface area contributed by atoms with Crippen molar-refractivity contribution in [3.05, 3.63) is 34.9 Å². The number of hydrogen-bond donors (Lipinski definition) is 1. The second-order valence-corrected chi connectivity index (χ2v) is 4.65. The van der Waals surface area contributed by atoms with Crippen LogP contribution in [0.1, 0.15) is 30.0 Å². The molecule has 0 aliphatic carbocycles. The minimum Gasteiger partial charge on any atom is -0.314 e. The van der Waals surface area contributed by atoms with Gasteiger partial charge in [-0.2, -0.15) is 13.2 Å². The third-order valence-electron chi connectivity index (χ3n) is 3.07. The second-order valence-electron chi connectivity index (χ2n) is 4.65. The van der Waals surface area contributed by atoms with Crippen molar-refractivity contribution in [2.24, 2.45) is 0 Å². The van der Waals surface area contributed by atoms with Gasteiger partial charge in [-0.05, 0) is 43.5 Å². The van der Waals surface area contributed by atoms with Gasteiger partial charge in [-0.3, -0.25) is 0 Å². The Morgan fingerprint density at radius 2 is 1.72 bits per heavy atom. The number of alkyl halides is 3. The molecule has 1 nitrogen and oxygen atoms in total. The summed E-state index contributed by atoms with van der Waals surface area (Å²) in [7, 11) is 0. The van der Waals surface area contributed by atoms with E-state index < -0.39 is 18.6 Å². The van der Waals surface area contributed by atoms with Crippen molar-refractivity contribution in [2.75, 3.05) is 6.54 Å². The Morgan fingerprint density at radius 1 is 1.17 bits per heavy atom. The van der Waals surface area contributed by atoms with Crippen LogP contribution in [0.2, 0.25) is 0 Å². The molecular formula is C14H20F3N. The summed E-state index contributed by atoms with van der Waals surface area (Å²) in [5, 5.41) is 2.92. The SMILES string of the molecule is CCNC(Cc1c(C)cccc1C)CC(F)(F)F. The first-order valence-corrected chi connectivity index (χ1v) is 6.18. The van der Waals surface area contributed by atoms with Gasteiger partial charge in [0.05, 0.1) is 6.42 Å². The fourth-order valence-corrected chi connectivity index (χ4v) is 2.20. The molecule has 0 aliphatic heterocycles. The van der Waals surface area contributed by atoms with Crippen LogP contribution >= 0.6 is 0 Å². The highest BCUT2D eigenvalue weighted by Gasteiger charge is 2.31. The quantitative estimate of drug-likeness (QED) is 0.848.